The van der Waals surface area contributed by atoms with E-state index in [1.54, 1.807) is 30.5 Å². The zero-order chi connectivity index (χ0) is 42.3. The summed E-state index contributed by atoms with van der Waals surface area (Å²) in [5.74, 6) is -0.505. The van der Waals surface area contributed by atoms with Gasteiger partial charge in [-0.05, 0) is 82.1 Å². The number of fused-ring (bicyclic) bond motifs is 1. The van der Waals surface area contributed by atoms with E-state index in [1.807, 2.05) is 0 Å². The molecule has 60 heavy (non-hydrogen) atoms. The summed E-state index contributed by atoms with van der Waals surface area (Å²) >= 11 is 0. The van der Waals surface area contributed by atoms with Crippen LogP contribution in [0, 0.1) is 5.82 Å². The van der Waals surface area contributed by atoms with E-state index >= 15 is 4.39 Å². The van der Waals surface area contributed by atoms with E-state index in [-0.39, 0.29) is 4.90 Å². The molecule has 0 spiro atoms. The minimum absolute atomic E-state index is 0.0230. The second-order valence-electron chi connectivity index (χ2n) is 17.6. The van der Waals surface area contributed by atoms with Crippen molar-refractivity contribution in [3.05, 3.63) is 48.4 Å². The second kappa shape index (κ2) is 23.7. The van der Waals surface area contributed by atoms with Gasteiger partial charge in [-0.25, -0.2) is 12.8 Å². The van der Waals surface area contributed by atoms with Crippen LogP contribution in [0.2, 0.25) is 0 Å². The predicted molar refractivity (Wildman–Crippen MR) is 245 cm³/mol. The Morgan fingerprint density at radius 1 is 0.700 bits per heavy atom. The maximum absolute atomic E-state index is 15.9. The number of piperidine rings is 2. The topological polar surface area (TPSA) is 86.3 Å². The Labute approximate surface area is 364 Å². The Hall–Kier alpha value is -2.64. The van der Waals surface area contributed by atoms with E-state index in [9.17, 15) is 12.6 Å². The maximum atomic E-state index is 15.9. The lowest BCUT2D eigenvalue weighted by Gasteiger charge is -2.46. The fourth-order valence-corrected chi connectivity index (χ4v) is 11.8. The van der Waals surface area contributed by atoms with E-state index in [1.165, 1.54) is 115 Å². The van der Waals surface area contributed by atoms with Gasteiger partial charge < -0.3 is 14.5 Å². The highest BCUT2D eigenvalue weighted by atomic mass is 32.2. The monoisotopic (exact) mass is 868 g/mol. The summed E-state index contributed by atoms with van der Waals surface area (Å²) in [4.78, 5) is 14.8. The molecular formula is C48H74FN5O4S2. The van der Waals surface area contributed by atoms with Crippen LogP contribution in [0.25, 0.3) is 10.9 Å². The summed E-state index contributed by atoms with van der Waals surface area (Å²) in [7, 11) is -5.60. The standard InChI is InChI=1S/C48H74FN5O4S2/c1-4-6-7-8-9-10-11-12-13-14-15-16-17-18-35-58-41-19-22-46(44(49)36-41)60(56,57)47-38-50-45-21-20-42(59(3)55)37-43(45)48(47)54-29-25-40(26-30-54)53-33-31-52(32-34-53)39-23-27-51(5-2)28-24-39/h19-22,36-40H,4-18,23-35H2,1-3H3. The van der Waals surface area contributed by atoms with Gasteiger partial charge in [-0.2, -0.15) is 0 Å². The lowest BCUT2D eigenvalue weighted by molar-refractivity contribution is 0.0384. The third kappa shape index (κ3) is 12.7. The first-order chi connectivity index (χ1) is 29.2. The van der Waals surface area contributed by atoms with Gasteiger partial charge in [0.15, 0.2) is 0 Å². The van der Waals surface area contributed by atoms with Gasteiger partial charge in [0.2, 0.25) is 9.84 Å². The van der Waals surface area contributed by atoms with E-state index in [0.29, 0.717) is 59.0 Å². The molecule has 2 aromatic carbocycles. The van der Waals surface area contributed by atoms with Gasteiger partial charge in [0.25, 0.3) is 0 Å². The van der Waals surface area contributed by atoms with Crippen molar-refractivity contribution in [1.82, 2.24) is 19.7 Å². The Bertz CT molecular complexity index is 1910. The van der Waals surface area contributed by atoms with Crippen LogP contribution >= 0.6 is 0 Å². The summed E-state index contributed by atoms with van der Waals surface area (Å²) in [6, 6.07) is 10.6. The normalized spacial score (nSPS) is 18.7. The van der Waals surface area contributed by atoms with Crippen molar-refractivity contribution < 1.29 is 21.8 Å². The molecule has 1 atom stereocenters. The van der Waals surface area contributed by atoms with Crippen molar-refractivity contribution in [1.29, 1.82) is 0 Å². The average molecular weight is 868 g/mol. The lowest BCUT2D eigenvalue weighted by atomic mass is 9.99. The number of anilines is 1. The summed E-state index contributed by atoms with van der Waals surface area (Å²) in [5, 5.41) is 0.624. The largest absolute Gasteiger partial charge is 0.493 e. The number of pyridine rings is 1. The number of aromatic nitrogens is 1. The Morgan fingerprint density at radius 3 is 1.78 bits per heavy atom. The van der Waals surface area contributed by atoms with E-state index in [0.717, 1.165) is 64.8 Å². The number of halogens is 1. The van der Waals surface area contributed by atoms with Crippen LogP contribution in [-0.4, -0.2) is 116 Å². The van der Waals surface area contributed by atoms with Gasteiger partial charge in [-0.3, -0.25) is 19.0 Å². The molecular weight excluding hydrogens is 794 g/mol. The van der Waals surface area contributed by atoms with Crippen LogP contribution in [-0.2, 0) is 20.6 Å². The zero-order valence-corrected chi connectivity index (χ0v) is 38.7. The molecule has 6 rings (SSSR count). The van der Waals surface area contributed by atoms with Crippen LogP contribution in [0.4, 0.5) is 10.1 Å². The van der Waals surface area contributed by atoms with Gasteiger partial charge in [-0.15, -0.1) is 0 Å². The third-order valence-electron chi connectivity index (χ3n) is 13.5. The first-order valence-corrected chi connectivity index (χ1v) is 26.6. The minimum Gasteiger partial charge on any atom is -0.493 e. The van der Waals surface area contributed by atoms with Crippen molar-refractivity contribution in [2.24, 2.45) is 0 Å². The molecule has 3 aliphatic heterocycles. The molecule has 0 bridgehead atoms. The third-order valence-corrected chi connectivity index (χ3v) is 16.2. The van der Waals surface area contributed by atoms with Gasteiger partial charge in [-0.1, -0.05) is 97.3 Å². The molecule has 3 aliphatic rings. The molecule has 0 saturated carbocycles. The fourth-order valence-electron chi connectivity index (χ4n) is 9.76. The summed E-state index contributed by atoms with van der Waals surface area (Å²) < 4.78 is 63.4. The number of benzene rings is 2. The van der Waals surface area contributed by atoms with Crippen LogP contribution < -0.4 is 9.64 Å². The first kappa shape index (κ1) is 46.9. The number of hydrogen-bond donors (Lipinski definition) is 0. The van der Waals surface area contributed by atoms with Gasteiger partial charge in [0.05, 0.1) is 17.8 Å². The van der Waals surface area contributed by atoms with E-state index in [2.05, 4.69) is 38.4 Å². The first-order valence-electron chi connectivity index (χ1n) is 23.6. The molecule has 3 fully saturated rings. The molecule has 3 aromatic rings. The number of likely N-dealkylation sites (tertiary alicyclic amines) is 1. The molecule has 4 heterocycles. The molecule has 12 heteroatoms. The van der Waals surface area contributed by atoms with E-state index in [4.69, 9.17) is 4.74 Å². The number of rotatable bonds is 23. The van der Waals surface area contributed by atoms with Crippen LogP contribution in [0.1, 0.15) is 129 Å². The van der Waals surface area contributed by atoms with Gasteiger partial charge in [0, 0.05) is 91.0 Å². The highest BCUT2D eigenvalue weighted by Gasteiger charge is 2.34. The highest BCUT2D eigenvalue weighted by Crippen LogP contribution is 2.39. The summed E-state index contributed by atoms with van der Waals surface area (Å²) in [6.07, 6.45) is 25.1. The molecule has 9 nitrogen and oxygen atoms in total. The zero-order valence-electron chi connectivity index (χ0n) is 37.1. The number of piperazine rings is 1. The van der Waals surface area contributed by atoms with Crippen LogP contribution in [0.15, 0.2) is 57.3 Å². The van der Waals surface area contributed by atoms with Crippen molar-refractivity contribution in [2.75, 3.05) is 76.7 Å². The number of nitrogens with zero attached hydrogens (tertiary/aromatic N) is 5. The second-order valence-corrected chi connectivity index (χ2v) is 20.9. The summed E-state index contributed by atoms with van der Waals surface area (Å²) in [6.45, 7) is 14.1. The van der Waals surface area contributed by atoms with Gasteiger partial charge in [0.1, 0.15) is 21.4 Å². The molecule has 334 valence electrons. The molecule has 3 saturated heterocycles. The quantitative estimate of drug-likeness (QED) is 0.0866. The van der Waals surface area contributed by atoms with Crippen molar-refractivity contribution >= 4 is 37.2 Å². The molecule has 0 radical (unpaired) electrons. The summed E-state index contributed by atoms with van der Waals surface area (Å²) in [5.41, 5.74) is 1.14. The smallest absolute Gasteiger partial charge is 0.213 e. The van der Waals surface area contributed by atoms with E-state index < -0.39 is 31.3 Å². The fraction of sp³-hybridized carbons (Fsp3) is 0.688. The molecule has 1 aromatic heterocycles. The average Bonchev–Trinajstić information content (AvgIpc) is 3.27. The van der Waals surface area contributed by atoms with Crippen molar-refractivity contribution in [2.45, 2.75) is 156 Å². The lowest BCUT2D eigenvalue weighted by Crippen LogP contribution is -2.56. The van der Waals surface area contributed by atoms with Gasteiger partial charge >= 0.3 is 0 Å². The maximum Gasteiger partial charge on any atom is 0.213 e. The minimum atomic E-state index is -4.33. The number of unbranched alkanes of at least 4 members (excludes halogenated alkanes) is 13. The number of sulfone groups is 1. The Balaban J connectivity index is 1.04. The molecule has 1 unspecified atom stereocenters. The SMILES string of the molecule is CCCCCCCCCCCCCCCCOc1ccc(S(=O)(=O)c2cnc3ccc(S(C)=O)cc3c2N2CCC(N3CCN(C4CCN(CC)CC4)CC3)CC2)c(F)c1. The molecule has 0 aliphatic carbocycles. The van der Waals surface area contributed by atoms with Crippen molar-refractivity contribution in [3.8, 4) is 5.75 Å². The molecule has 0 amide bonds. The Kier molecular flexibility index (Phi) is 18.5. The predicted octanol–water partition coefficient (Wildman–Crippen LogP) is 9.87. The molecule has 0 N–H and O–H groups in total. The Morgan fingerprint density at radius 2 is 1.25 bits per heavy atom. The number of ether oxygens (including phenoxy) is 1. The highest BCUT2D eigenvalue weighted by molar-refractivity contribution is 7.91. The van der Waals surface area contributed by atoms with Crippen molar-refractivity contribution in [3.63, 3.8) is 0 Å². The van der Waals surface area contributed by atoms with Crippen LogP contribution in [0.5, 0.6) is 5.75 Å². The number of hydrogen-bond acceptors (Lipinski definition) is 9. The van der Waals surface area contributed by atoms with Crippen LogP contribution in [0.3, 0.4) is 0 Å².